The first kappa shape index (κ1) is 17.9. The molecule has 7 heteroatoms. The Bertz CT molecular complexity index is 706. The number of amides is 3. The molecule has 3 aliphatic rings. The van der Waals surface area contributed by atoms with E-state index in [-0.39, 0.29) is 18.0 Å². The second kappa shape index (κ2) is 7.66. The van der Waals surface area contributed by atoms with Crippen molar-refractivity contribution in [3.63, 3.8) is 0 Å². The molecule has 1 aromatic carbocycles. The van der Waals surface area contributed by atoms with Crippen LogP contribution in [0.5, 0.6) is 5.75 Å². The zero-order chi connectivity index (χ0) is 18.8. The zero-order valence-electron chi connectivity index (χ0n) is 15.8. The normalized spacial score (nSPS) is 25.0. The molecule has 2 N–H and O–H groups in total. The number of nitrogens with one attached hydrogen (secondary N) is 2. The number of carbonyl (C=O) groups is 2. The Morgan fingerprint density at radius 1 is 1.22 bits per heavy atom. The number of carbonyl (C=O) groups excluding carboxylic acids is 2. The van der Waals surface area contributed by atoms with E-state index in [0.29, 0.717) is 31.5 Å². The van der Waals surface area contributed by atoms with E-state index < -0.39 is 0 Å². The Hall–Kier alpha value is -2.44. The molecule has 1 aromatic rings. The topological polar surface area (TPSA) is 73.9 Å². The molecule has 0 bridgehead atoms. The van der Waals surface area contributed by atoms with Crippen molar-refractivity contribution in [2.75, 3.05) is 38.2 Å². The molecule has 0 radical (unpaired) electrons. The molecule has 2 aliphatic heterocycles. The lowest BCUT2D eigenvalue weighted by Gasteiger charge is -2.21. The number of nitrogens with zero attached hydrogens (tertiary/aromatic N) is 2. The highest BCUT2D eigenvalue weighted by atomic mass is 16.5. The summed E-state index contributed by atoms with van der Waals surface area (Å²) in [6.07, 6.45) is 3.68. The predicted molar refractivity (Wildman–Crippen MR) is 103 cm³/mol. The highest BCUT2D eigenvalue weighted by molar-refractivity contribution is 5.82. The van der Waals surface area contributed by atoms with E-state index in [4.69, 9.17) is 4.74 Å². The maximum atomic E-state index is 12.2. The molecule has 3 amide bonds. The molecule has 1 aliphatic carbocycles. The highest BCUT2D eigenvalue weighted by Gasteiger charge is 2.39. The van der Waals surface area contributed by atoms with Crippen molar-refractivity contribution in [1.82, 2.24) is 15.5 Å². The number of hydrogen-bond donors (Lipinski definition) is 2. The summed E-state index contributed by atoms with van der Waals surface area (Å²) in [4.78, 5) is 28.4. The zero-order valence-corrected chi connectivity index (χ0v) is 15.8. The molecule has 3 fully saturated rings. The fourth-order valence-corrected chi connectivity index (χ4v) is 4.15. The molecule has 27 heavy (non-hydrogen) atoms. The van der Waals surface area contributed by atoms with Crippen LogP contribution in [0.3, 0.4) is 0 Å². The summed E-state index contributed by atoms with van der Waals surface area (Å²) in [7, 11) is 1.69. The van der Waals surface area contributed by atoms with Gasteiger partial charge in [0.25, 0.3) is 0 Å². The summed E-state index contributed by atoms with van der Waals surface area (Å²) < 4.78 is 5.45. The Morgan fingerprint density at radius 2 is 2.04 bits per heavy atom. The molecule has 7 nitrogen and oxygen atoms in total. The highest BCUT2D eigenvalue weighted by Crippen LogP contribution is 2.32. The van der Waals surface area contributed by atoms with Gasteiger partial charge in [-0.05, 0) is 37.3 Å². The minimum atomic E-state index is -0.166. The number of methoxy groups -OCH3 is 1. The van der Waals surface area contributed by atoms with E-state index in [1.54, 1.807) is 7.11 Å². The molecule has 0 aromatic heterocycles. The van der Waals surface area contributed by atoms with E-state index in [1.165, 1.54) is 0 Å². The van der Waals surface area contributed by atoms with Crippen LogP contribution in [0.2, 0.25) is 0 Å². The summed E-state index contributed by atoms with van der Waals surface area (Å²) in [6, 6.07) is 8.23. The minimum absolute atomic E-state index is 0.0632. The number of benzene rings is 1. The molecule has 2 heterocycles. The summed E-state index contributed by atoms with van der Waals surface area (Å²) in [5.74, 6) is 1.47. The number of likely N-dealkylation sites (tertiary alicyclic amines) is 1. The average molecular weight is 372 g/mol. The summed E-state index contributed by atoms with van der Waals surface area (Å²) >= 11 is 0. The first-order chi connectivity index (χ1) is 13.1. The van der Waals surface area contributed by atoms with Crippen LogP contribution < -0.4 is 20.3 Å². The van der Waals surface area contributed by atoms with Crippen LogP contribution in [0.25, 0.3) is 0 Å². The van der Waals surface area contributed by atoms with Crippen LogP contribution in [0.15, 0.2) is 24.3 Å². The Labute approximate surface area is 160 Å². The fourth-order valence-electron chi connectivity index (χ4n) is 4.15. The van der Waals surface area contributed by atoms with Crippen molar-refractivity contribution in [2.45, 2.75) is 37.8 Å². The summed E-state index contributed by atoms with van der Waals surface area (Å²) in [5, 5.41) is 5.95. The van der Waals surface area contributed by atoms with Gasteiger partial charge < -0.3 is 25.2 Å². The first-order valence-corrected chi connectivity index (χ1v) is 9.86. The van der Waals surface area contributed by atoms with E-state index in [2.05, 4.69) is 21.6 Å². The molecule has 2 saturated heterocycles. The van der Waals surface area contributed by atoms with Gasteiger partial charge >= 0.3 is 6.03 Å². The Morgan fingerprint density at radius 3 is 2.81 bits per heavy atom. The third-order valence-corrected chi connectivity index (χ3v) is 5.74. The predicted octanol–water partition coefficient (Wildman–Crippen LogP) is 1.58. The molecule has 4 rings (SSSR count). The number of para-hydroxylation sites is 2. The van der Waals surface area contributed by atoms with Gasteiger partial charge in [0.2, 0.25) is 5.91 Å². The lowest BCUT2D eigenvalue weighted by molar-refractivity contribution is -0.128. The SMILES string of the molecule is COc1ccccc1N1CCC(CNC(=O)NC2CC(=O)N(C3CC3)C2)C1. The average Bonchev–Trinajstić information content (AvgIpc) is 3.29. The van der Waals surface area contributed by atoms with Crippen LogP contribution >= 0.6 is 0 Å². The van der Waals surface area contributed by atoms with Gasteiger partial charge in [0.1, 0.15) is 5.75 Å². The number of anilines is 1. The van der Waals surface area contributed by atoms with Gasteiger partial charge in [0.05, 0.1) is 18.8 Å². The van der Waals surface area contributed by atoms with Gasteiger partial charge in [-0.15, -0.1) is 0 Å². The summed E-state index contributed by atoms with van der Waals surface area (Å²) in [6.45, 7) is 3.16. The Balaban J connectivity index is 1.21. The lowest BCUT2D eigenvalue weighted by Crippen LogP contribution is -2.45. The molecule has 2 atom stereocenters. The van der Waals surface area contributed by atoms with Crippen molar-refractivity contribution in [3.05, 3.63) is 24.3 Å². The minimum Gasteiger partial charge on any atom is -0.495 e. The maximum absolute atomic E-state index is 12.2. The van der Waals surface area contributed by atoms with Crippen molar-refractivity contribution in [2.24, 2.45) is 5.92 Å². The van der Waals surface area contributed by atoms with Gasteiger partial charge in [-0.25, -0.2) is 4.79 Å². The standard InChI is InChI=1S/C20H28N4O3/c1-27-18-5-3-2-4-17(18)23-9-8-14(12-23)11-21-20(26)22-15-10-19(25)24(13-15)16-6-7-16/h2-5,14-16H,6-13H2,1H3,(H2,21,22,26). The van der Waals surface area contributed by atoms with E-state index in [9.17, 15) is 9.59 Å². The second-order valence-electron chi connectivity index (χ2n) is 7.81. The third kappa shape index (κ3) is 4.12. The molecule has 1 saturated carbocycles. The fraction of sp³-hybridized carbons (Fsp3) is 0.600. The summed E-state index contributed by atoms with van der Waals surface area (Å²) in [5.41, 5.74) is 1.11. The van der Waals surface area contributed by atoms with Crippen molar-refractivity contribution in [1.29, 1.82) is 0 Å². The number of ether oxygens (including phenoxy) is 1. The van der Waals surface area contributed by atoms with Gasteiger partial charge in [0.15, 0.2) is 0 Å². The first-order valence-electron chi connectivity index (χ1n) is 9.86. The van der Waals surface area contributed by atoms with Crippen LogP contribution in [0, 0.1) is 5.92 Å². The largest absolute Gasteiger partial charge is 0.495 e. The number of rotatable bonds is 6. The maximum Gasteiger partial charge on any atom is 0.315 e. The molecule has 2 unspecified atom stereocenters. The monoisotopic (exact) mass is 372 g/mol. The van der Waals surface area contributed by atoms with E-state index >= 15 is 0 Å². The number of hydrogen-bond acceptors (Lipinski definition) is 4. The van der Waals surface area contributed by atoms with Gasteiger partial charge in [-0.2, -0.15) is 0 Å². The van der Waals surface area contributed by atoms with Crippen LogP contribution in [0.4, 0.5) is 10.5 Å². The molecule has 146 valence electrons. The van der Waals surface area contributed by atoms with Gasteiger partial charge in [0, 0.05) is 38.6 Å². The van der Waals surface area contributed by atoms with Crippen LogP contribution in [-0.4, -0.2) is 62.2 Å². The lowest BCUT2D eigenvalue weighted by atomic mass is 10.1. The van der Waals surface area contributed by atoms with Crippen LogP contribution in [-0.2, 0) is 4.79 Å². The molecular formula is C20H28N4O3. The number of urea groups is 1. The van der Waals surface area contributed by atoms with E-state index in [1.807, 2.05) is 23.1 Å². The van der Waals surface area contributed by atoms with Crippen molar-refractivity contribution >= 4 is 17.6 Å². The molecule has 0 spiro atoms. The van der Waals surface area contributed by atoms with Gasteiger partial charge in [-0.1, -0.05) is 12.1 Å². The van der Waals surface area contributed by atoms with Gasteiger partial charge in [-0.3, -0.25) is 4.79 Å². The van der Waals surface area contributed by atoms with Crippen molar-refractivity contribution < 1.29 is 14.3 Å². The van der Waals surface area contributed by atoms with E-state index in [0.717, 1.165) is 43.8 Å². The quantitative estimate of drug-likeness (QED) is 0.795. The van der Waals surface area contributed by atoms with Crippen LogP contribution in [0.1, 0.15) is 25.7 Å². The molecular weight excluding hydrogens is 344 g/mol. The third-order valence-electron chi connectivity index (χ3n) is 5.74. The second-order valence-corrected chi connectivity index (χ2v) is 7.81. The van der Waals surface area contributed by atoms with Crippen molar-refractivity contribution in [3.8, 4) is 5.75 Å². The Kier molecular flexibility index (Phi) is 5.09. The smallest absolute Gasteiger partial charge is 0.315 e.